The summed E-state index contributed by atoms with van der Waals surface area (Å²) in [6.07, 6.45) is 9.77. The Kier molecular flexibility index (Phi) is 12.0. The van der Waals surface area contributed by atoms with Crippen molar-refractivity contribution in [2.45, 2.75) is 77.6 Å². The van der Waals surface area contributed by atoms with Crippen LogP contribution in [0.4, 0.5) is 5.69 Å². The number of para-hydroxylation sites is 2. The highest BCUT2D eigenvalue weighted by molar-refractivity contribution is 5.92. The van der Waals surface area contributed by atoms with E-state index in [9.17, 15) is 9.59 Å². The Balaban J connectivity index is 2.14. The van der Waals surface area contributed by atoms with E-state index in [-0.39, 0.29) is 12.3 Å². The summed E-state index contributed by atoms with van der Waals surface area (Å²) >= 11 is 0. The molecule has 5 heteroatoms. The van der Waals surface area contributed by atoms with E-state index in [2.05, 4.69) is 12.2 Å². The van der Waals surface area contributed by atoms with Crippen molar-refractivity contribution in [2.75, 3.05) is 11.9 Å². The minimum atomic E-state index is -0.714. The number of aliphatic carboxylic acids is 1. The van der Waals surface area contributed by atoms with E-state index in [0.29, 0.717) is 13.0 Å². The Hall–Kier alpha value is -2.04. The first kappa shape index (κ1) is 22.0. The lowest BCUT2D eigenvalue weighted by Crippen LogP contribution is -2.12. The normalized spacial score (nSPS) is 10.5. The van der Waals surface area contributed by atoms with Crippen molar-refractivity contribution < 1.29 is 19.4 Å². The molecule has 0 spiro atoms. The smallest absolute Gasteiger partial charge is 0.303 e. The third kappa shape index (κ3) is 10.7. The number of carbonyl (C=O) groups excluding carboxylic acids is 1. The van der Waals surface area contributed by atoms with Gasteiger partial charge in [0.2, 0.25) is 5.91 Å². The fourth-order valence-corrected chi connectivity index (χ4v) is 2.68. The number of unbranched alkanes of at least 4 members (excludes halogenated alkanes) is 7. The van der Waals surface area contributed by atoms with Gasteiger partial charge in [-0.1, -0.05) is 57.6 Å². The van der Waals surface area contributed by atoms with Gasteiger partial charge in [-0.05, 0) is 31.4 Å². The molecule has 0 aromatic heterocycles. The number of benzene rings is 1. The van der Waals surface area contributed by atoms with Crippen LogP contribution < -0.4 is 10.1 Å². The second-order valence-corrected chi connectivity index (χ2v) is 6.61. The zero-order chi connectivity index (χ0) is 19.0. The van der Waals surface area contributed by atoms with Gasteiger partial charge in [0.25, 0.3) is 0 Å². The van der Waals surface area contributed by atoms with Crippen molar-refractivity contribution in [3.05, 3.63) is 24.3 Å². The average molecular weight is 363 g/mol. The number of anilines is 1. The molecule has 0 aliphatic carbocycles. The first-order valence-electron chi connectivity index (χ1n) is 9.87. The number of nitrogens with one attached hydrogen (secondary N) is 1. The number of carboxylic acid groups (broad SMARTS) is 1. The van der Waals surface area contributed by atoms with Crippen molar-refractivity contribution in [1.82, 2.24) is 0 Å². The molecule has 0 fully saturated rings. The van der Waals surface area contributed by atoms with Gasteiger partial charge >= 0.3 is 5.97 Å². The van der Waals surface area contributed by atoms with Crippen LogP contribution in [0.15, 0.2) is 24.3 Å². The first-order valence-corrected chi connectivity index (χ1v) is 9.87. The molecule has 0 atom stereocenters. The highest BCUT2D eigenvalue weighted by Crippen LogP contribution is 2.24. The van der Waals surface area contributed by atoms with E-state index in [1.165, 1.54) is 0 Å². The largest absolute Gasteiger partial charge is 0.491 e. The molecule has 2 N–H and O–H groups in total. The summed E-state index contributed by atoms with van der Waals surface area (Å²) in [6.45, 7) is 2.78. The predicted molar refractivity (Wildman–Crippen MR) is 105 cm³/mol. The Morgan fingerprint density at radius 2 is 1.54 bits per heavy atom. The lowest BCUT2D eigenvalue weighted by molar-refractivity contribution is -0.137. The molecule has 146 valence electrons. The molecule has 0 radical (unpaired) electrons. The molecule has 0 aliphatic heterocycles. The van der Waals surface area contributed by atoms with Gasteiger partial charge in [-0.15, -0.1) is 0 Å². The summed E-state index contributed by atoms with van der Waals surface area (Å²) in [6, 6.07) is 7.56. The molecule has 0 bridgehead atoms. The first-order chi connectivity index (χ1) is 12.6. The second-order valence-electron chi connectivity index (χ2n) is 6.61. The summed E-state index contributed by atoms with van der Waals surface area (Å²) in [5, 5.41) is 11.5. The van der Waals surface area contributed by atoms with Crippen LogP contribution in [0.5, 0.6) is 5.75 Å². The van der Waals surface area contributed by atoms with E-state index in [1.54, 1.807) is 0 Å². The van der Waals surface area contributed by atoms with E-state index < -0.39 is 5.97 Å². The van der Waals surface area contributed by atoms with E-state index >= 15 is 0 Å². The number of hydrogen-bond donors (Lipinski definition) is 2. The van der Waals surface area contributed by atoms with Crippen LogP contribution in [-0.4, -0.2) is 23.6 Å². The zero-order valence-electron chi connectivity index (χ0n) is 16.0. The van der Waals surface area contributed by atoms with Crippen molar-refractivity contribution in [1.29, 1.82) is 0 Å². The van der Waals surface area contributed by atoms with Gasteiger partial charge in [0.15, 0.2) is 0 Å². The van der Waals surface area contributed by atoms with Gasteiger partial charge in [-0.2, -0.15) is 0 Å². The Labute approximate surface area is 157 Å². The predicted octanol–water partition coefficient (Wildman–Crippen LogP) is 5.40. The third-order valence-electron chi connectivity index (χ3n) is 4.21. The van der Waals surface area contributed by atoms with Crippen LogP contribution in [0.1, 0.15) is 77.6 Å². The molecule has 0 heterocycles. The molecule has 0 saturated heterocycles. The van der Waals surface area contributed by atoms with Crippen LogP contribution in [0.2, 0.25) is 0 Å². The monoisotopic (exact) mass is 363 g/mol. The van der Waals surface area contributed by atoms with Crippen LogP contribution in [-0.2, 0) is 9.59 Å². The number of amides is 1. The summed E-state index contributed by atoms with van der Waals surface area (Å²) in [5.74, 6) is 0.0435. The number of carboxylic acids is 1. The van der Waals surface area contributed by atoms with Crippen molar-refractivity contribution in [3.8, 4) is 5.75 Å². The minimum Gasteiger partial charge on any atom is -0.491 e. The van der Waals surface area contributed by atoms with Gasteiger partial charge in [-0.3, -0.25) is 9.59 Å². The third-order valence-corrected chi connectivity index (χ3v) is 4.21. The second kappa shape index (κ2) is 14.2. The van der Waals surface area contributed by atoms with Gasteiger partial charge in [0, 0.05) is 12.8 Å². The molecule has 0 unspecified atom stereocenters. The molecule has 0 aliphatic rings. The molecule has 1 rings (SSSR count). The van der Waals surface area contributed by atoms with E-state index in [4.69, 9.17) is 9.84 Å². The van der Waals surface area contributed by atoms with Crippen molar-refractivity contribution in [2.24, 2.45) is 0 Å². The maximum Gasteiger partial charge on any atom is 0.303 e. The summed E-state index contributed by atoms with van der Waals surface area (Å²) in [7, 11) is 0. The maximum atomic E-state index is 12.1. The number of ether oxygens (including phenoxy) is 1. The molecule has 5 nitrogen and oxygen atoms in total. The molecular weight excluding hydrogens is 330 g/mol. The van der Waals surface area contributed by atoms with Gasteiger partial charge in [0.05, 0.1) is 12.3 Å². The highest BCUT2D eigenvalue weighted by Gasteiger charge is 2.07. The number of hydrogen-bond acceptors (Lipinski definition) is 3. The Bertz CT molecular complexity index is 530. The average Bonchev–Trinajstić information content (AvgIpc) is 2.61. The molecule has 1 aromatic rings. The van der Waals surface area contributed by atoms with Crippen molar-refractivity contribution in [3.63, 3.8) is 0 Å². The Morgan fingerprint density at radius 3 is 2.19 bits per heavy atom. The fraction of sp³-hybridized carbons (Fsp3) is 0.619. The topological polar surface area (TPSA) is 75.6 Å². The van der Waals surface area contributed by atoms with Crippen LogP contribution in [0.25, 0.3) is 0 Å². The van der Waals surface area contributed by atoms with Crippen molar-refractivity contribution >= 4 is 17.6 Å². The quantitative estimate of drug-likeness (QED) is 0.409. The van der Waals surface area contributed by atoms with E-state index in [0.717, 1.165) is 69.2 Å². The fourth-order valence-electron chi connectivity index (χ4n) is 2.68. The van der Waals surface area contributed by atoms with Crippen LogP contribution in [0.3, 0.4) is 0 Å². The van der Waals surface area contributed by atoms with Crippen LogP contribution in [0, 0.1) is 0 Å². The van der Waals surface area contributed by atoms with Crippen LogP contribution >= 0.6 is 0 Å². The highest BCUT2D eigenvalue weighted by atomic mass is 16.5. The van der Waals surface area contributed by atoms with Gasteiger partial charge in [-0.25, -0.2) is 0 Å². The maximum absolute atomic E-state index is 12.1. The lowest BCUT2D eigenvalue weighted by Gasteiger charge is -2.12. The molecule has 26 heavy (non-hydrogen) atoms. The summed E-state index contributed by atoms with van der Waals surface area (Å²) < 4.78 is 5.73. The standard InChI is InChI=1S/C21H33NO4/c1-2-3-17-26-19-14-12-11-13-18(19)22-20(23)15-9-7-5-4-6-8-10-16-21(24)25/h11-14H,2-10,15-17H2,1H3,(H,22,23)(H,24,25). The minimum absolute atomic E-state index is 0.0259. The van der Waals surface area contributed by atoms with Gasteiger partial charge < -0.3 is 15.2 Å². The molecule has 0 saturated carbocycles. The lowest BCUT2D eigenvalue weighted by atomic mass is 10.1. The molecular formula is C21H33NO4. The molecule has 1 aromatic carbocycles. The zero-order valence-corrected chi connectivity index (χ0v) is 16.0. The number of carbonyl (C=O) groups is 2. The van der Waals surface area contributed by atoms with E-state index in [1.807, 2.05) is 24.3 Å². The summed E-state index contributed by atoms with van der Waals surface area (Å²) in [5.41, 5.74) is 0.743. The number of rotatable bonds is 15. The molecule has 1 amide bonds. The van der Waals surface area contributed by atoms with Gasteiger partial charge in [0.1, 0.15) is 5.75 Å². The SMILES string of the molecule is CCCCOc1ccccc1NC(=O)CCCCCCCCCC(=O)O. The summed E-state index contributed by atoms with van der Waals surface area (Å²) in [4.78, 5) is 22.5. The Morgan fingerprint density at radius 1 is 0.923 bits per heavy atom.